The van der Waals surface area contributed by atoms with Crippen LogP contribution in [0.2, 0.25) is 0 Å². The van der Waals surface area contributed by atoms with Crippen molar-refractivity contribution in [2.75, 3.05) is 31.0 Å². The molecule has 2 aliphatic rings. The summed E-state index contributed by atoms with van der Waals surface area (Å²) in [5.41, 5.74) is 1.92. The lowest BCUT2D eigenvalue weighted by Gasteiger charge is -2.28. The second-order valence-corrected chi connectivity index (χ2v) is 9.31. The van der Waals surface area contributed by atoms with E-state index >= 15 is 0 Å². The zero-order valence-corrected chi connectivity index (χ0v) is 15.7. The van der Waals surface area contributed by atoms with Crippen molar-refractivity contribution in [2.45, 2.75) is 23.8 Å². The van der Waals surface area contributed by atoms with Gasteiger partial charge in [0.25, 0.3) is 0 Å². The van der Waals surface area contributed by atoms with Crippen molar-refractivity contribution in [2.24, 2.45) is 0 Å². The van der Waals surface area contributed by atoms with Gasteiger partial charge < -0.3 is 4.74 Å². The number of hydrogen-bond donors (Lipinski definition) is 0. The number of nitrogens with zero attached hydrogens (tertiary/aromatic N) is 2. The Morgan fingerprint density at radius 1 is 1.08 bits per heavy atom. The van der Waals surface area contributed by atoms with Crippen molar-refractivity contribution >= 4 is 15.7 Å². The Balaban J connectivity index is 1.62. The molecule has 6 heteroatoms. The number of methoxy groups -OCH3 is 1. The van der Waals surface area contributed by atoms with Crippen molar-refractivity contribution in [1.29, 1.82) is 0 Å². The van der Waals surface area contributed by atoms with Gasteiger partial charge in [-0.2, -0.15) is 0 Å². The van der Waals surface area contributed by atoms with E-state index in [1.54, 1.807) is 7.11 Å². The number of ether oxygens (including phenoxy) is 1. The molecular formula is C20H24N2O3S. The first-order valence-electron chi connectivity index (χ1n) is 8.93. The van der Waals surface area contributed by atoms with E-state index in [-0.39, 0.29) is 6.10 Å². The zero-order valence-electron chi connectivity index (χ0n) is 14.9. The number of hydrogen-bond acceptors (Lipinski definition) is 4. The van der Waals surface area contributed by atoms with E-state index in [9.17, 15) is 8.42 Å². The molecule has 138 valence electrons. The van der Waals surface area contributed by atoms with E-state index in [0.29, 0.717) is 25.2 Å². The maximum atomic E-state index is 13.5. The Labute approximate surface area is 155 Å². The summed E-state index contributed by atoms with van der Waals surface area (Å²) in [6.07, 6.45) is 0.276. The SMILES string of the molecule is CO[C@@H]1CN(c2ccccc2)S(=O)(=O)[C@@]12CCN(Cc1ccccc1)C2. The Morgan fingerprint density at radius 2 is 1.73 bits per heavy atom. The largest absolute Gasteiger partial charge is 0.378 e. The molecular weight excluding hydrogens is 348 g/mol. The zero-order chi connectivity index (χ0) is 18.2. The van der Waals surface area contributed by atoms with Gasteiger partial charge in [0.2, 0.25) is 10.0 Å². The summed E-state index contributed by atoms with van der Waals surface area (Å²) in [6, 6.07) is 19.5. The van der Waals surface area contributed by atoms with Gasteiger partial charge in [-0.3, -0.25) is 9.21 Å². The number of rotatable bonds is 4. The first-order chi connectivity index (χ1) is 12.6. The first kappa shape index (κ1) is 17.5. The van der Waals surface area contributed by atoms with Crippen LogP contribution in [0.5, 0.6) is 0 Å². The average molecular weight is 372 g/mol. The monoisotopic (exact) mass is 372 g/mol. The highest BCUT2D eigenvalue weighted by Gasteiger charge is 2.62. The van der Waals surface area contributed by atoms with Crippen LogP contribution in [-0.4, -0.2) is 50.9 Å². The molecule has 26 heavy (non-hydrogen) atoms. The minimum Gasteiger partial charge on any atom is -0.378 e. The molecule has 2 aromatic carbocycles. The molecule has 0 aliphatic carbocycles. The van der Waals surface area contributed by atoms with Gasteiger partial charge in [0.1, 0.15) is 4.75 Å². The van der Waals surface area contributed by atoms with E-state index in [2.05, 4.69) is 17.0 Å². The molecule has 0 aromatic heterocycles. The number of para-hydroxylation sites is 1. The van der Waals surface area contributed by atoms with Crippen LogP contribution >= 0.6 is 0 Å². The number of benzene rings is 2. The lowest BCUT2D eigenvalue weighted by Crippen LogP contribution is -2.48. The van der Waals surface area contributed by atoms with Gasteiger partial charge in [-0.25, -0.2) is 8.42 Å². The van der Waals surface area contributed by atoms with Crippen LogP contribution in [0.1, 0.15) is 12.0 Å². The van der Waals surface area contributed by atoms with Crippen LogP contribution in [-0.2, 0) is 21.3 Å². The fraction of sp³-hybridized carbons (Fsp3) is 0.400. The third kappa shape index (κ3) is 2.73. The molecule has 2 aliphatic heterocycles. The highest BCUT2D eigenvalue weighted by molar-refractivity contribution is 7.94. The van der Waals surface area contributed by atoms with Gasteiger partial charge in [0.05, 0.1) is 18.3 Å². The molecule has 5 nitrogen and oxygen atoms in total. The third-order valence-corrected chi connectivity index (χ3v) is 8.21. The minimum absolute atomic E-state index is 0.325. The lowest BCUT2D eigenvalue weighted by atomic mass is 10.0. The molecule has 0 saturated carbocycles. The van der Waals surface area contributed by atoms with Gasteiger partial charge >= 0.3 is 0 Å². The summed E-state index contributed by atoms with van der Waals surface area (Å²) in [4.78, 5) is 2.23. The quantitative estimate of drug-likeness (QED) is 0.827. The van der Waals surface area contributed by atoms with Crippen LogP contribution in [0.15, 0.2) is 60.7 Å². The Morgan fingerprint density at radius 3 is 2.38 bits per heavy atom. The van der Waals surface area contributed by atoms with Gasteiger partial charge in [0.15, 0.2) is 0 Å². The summed E-state index contributed by atoms with van der Waals surface area (Å²) < 4.78 is 33.4. The normalized spacial score (nSPS) is 28.0. The molecule has 4 rings (SSSR count). The summed E-state index contributed by atoms with van der Waals surface area (Å²) in [5.74, 6) is 0. The van der Waals surface area contributed by atoms with Crippen LogP contribution in [0, 0.1) is 0 Å². The van der Waals surface area contributed by atoms with Gasteiger partial charge in [-0.15, -0.1) is 0 Å². The number of sulfonamides is 1. The summed E-state index contributed by atoms with van der Waals surface area (Å²) in [6.45, 7) is 2.41. The molecule has 0 radical (unpaired) electrons. The first-order valence-corrected chi connectivity index (χ1v) is 10.4. The van der Waals surface area contributed by atoms with Crippen molar-refractivity contribution < 1.29 is 13.2 Å². The van der Waals surface area contributed by atoms with Crippen LogP contribution < -0.4 is 4.31 Å². The number of anilines is 1. The Kier molecular flexibility index (Phi) is 4.50. The van der Waals surface area contributed by atoms with Crippen molar-refractivity contribution in [3.63, 3.8) is 0 Å². The van der Waals surface area contributed by atoms with Gasteiger partial charge in [0, 0.05) is 26.7 Å². The predicted molar refractivity (Wildman–Crippen MR) is 103 cm³/mol. The molecule has 2 saturated heterocycles. The van der Waals surface area contributed by atoms with E-state index < -0.39 is 14.8 Å². The van der Waals surface area contributed by atoms with Crippen LogP contribution in [0.25, 0.3) is 0 Å². The van der Waals surface area contributed by atoms with Crippen molar-refractivity contribution in [3.05, 3.63) is 66.2 Å². The predicted octanol–water partition coefficient (Wildman–Crippen LogP) is 2.50. The van der Waals surface area contributed by atoms with E-state index in [1.165, 1.54) is 9.87 Å². The second-order valence-electron chi connectivity index (χ2n) is 7.11. The third-order valence-electron chi connectivity index (χ3n) is 5.64. The molecule has 0 amide bonds. The lowest BCUT2D eigenvalue weighted by molar-refractivity contribution is 0.0819. The molecule has 2 heterocycles. The van der Waals surface area contributed by atoms with E-state index in [0.717, 1.165) is 13.1 Å². The van der Waals surface area contributed by atoms with Gasteiger partial charge in [-0.1, -0.05) is 48.5 Å². The second kappa shape index (κ2) is 6.68. The fourth-order valence-electron chi connectivity index (χ4n) is 4.26. The Hall–Kier alpha value is -1.89. The Bertz CT molecular complexity index is 857. The molecule has 2 atom stereocenters. The highest BCUT2D eigenvalue weighted by atomic mass is 32.2. The summed E-state index contributed by atoms with van der Waals surface area (Å²) in [7, 11) is -1.88. The maximum Gasteiger partial charge on any atom is 0.244 e. The number of likely N-dealkylation sites (tertiary alicyclic amines) is 1. The fourth-order valence-corrected chi connectivity index (χ4v) is 6.63. The highest BCUT2D eigenvalue weighted by Crippen LogP contribution is 2.44. The smallest absolute Gasteiger partial charge is 0.244 e. The molecule has 2 aromatic rings. The van der Waals surface area contributed by atoms with E-state index in [1.807, 2.05) is 48.5 Å². The summed E-state index contributed by atoms with van der Waals surface area (Å²) >= 11 is 0. The maximum absolute atomic E-state index is 13.5. The molecule has 2 fully saturated rings. The van der Waals surface area contributed by atoms with Gasteiger partial charge in [-0.05, 0) is 24.1 Å². The van der Waals surface area contributed by atoms with Crippen LogP contribution in [0.3, 0.4) is 0 Å². The average Bonchev–Trinajstić information content (AvgIpc) is 3.17. The van der Waals surface area contributed by atoms with Crippen molar-refractivity contribution in [1.82, 2.24) is 4.90 Å². The molecule has 1 spiro atoms. The van der Waals surface area contributed by atoms with Crippen molar-refractivity contribution in [3.8, 4) is 0 Å². The topological polar surface area (TPSA) is 49.9 Å². The molecule has 0 bridgehead atoms. The molecule has 0 N–H and O–H groups in total. The standard InChI is InChI=1S/C20H24N2O3S/c1-25-19-15-22(18-10-6-3-7-11-18)26(23,24)20(19)12-13-21(16-20)14-17-8-4-2-5-9-17/h2-11,19H,12-16H2,1H3/t19-,20-/m1/s1. The minimum atomic E-state index is -3.50. The summed E-state index contributed by atoms with van der Waals surface area (Å²) in [5, 5.41) is 0. The molecule has 0 unspecified atom stereocenters. The van der Waals surface area contributed by atoms with Crippen LogP contribution in [0.4, 0.5) is 5.69 Å². The van der Waals surface area contributed by atoms with E-state index in [4.69, 9.17) is 4.74 Å².